The van der Waals surface area contributed by atoms with Crippen LogP contribution in [0.2, 0.25) is 5.02 Å². The fourth-order valence-corrected chi connectivity index (χ4v) is 3.90. The molecule has 1 aliphatic heterocycles. The third-order valence-corrected chi connectivity index (χ3v) is 6.14. The van der Waals surface area contributed by atoms with Crippen LogP contribution in [0, 0.1) is 13.8 Å². The van der Waals surface area contributed by atoms with Crippen molar-refractivity contribution in [2.75, 3.05) is 26.2 Å². The highest BCUT2D eigenvalue weighted by atomic mass is 35.5. The van der Waals surface area contributed by atoms with Crippen LogP contribution in [0.25, 0.3) is 0 Å². The zero-order valence-corrected chi connectivity index (χ0v) is 18.7. The average molecular weight is 439 g/mol. The predicted molar refractivity (Wildman–Crippen MR) is 121 cm³/mol. The Labute approximate surface area is 188 Å². The minimum Gasteiger partial charge on any atom is -0.471 e. The van der Waals surface area contributed by atoms with Crippen molar-refractivity contribution in [2.45, 2.75) is 27.1 Å². The zero-order chi connectivity index (χ0) is 21.8. The molecule has 31 heavy (non-hydrogen) atoms. The number of ether oxygens (including phenoxy) is 1. The fraction of sp³-hybridized carbons (Fsp3) is 0.333. The van der Waals surface area contributed by atoms with E-state index in [4.69, 9.17) is 16.3 Å². The number of carbonyl (C=O) groups excluding carboxylic acids is 1. The fourth-order valence-electron chi connectivity index (χ4n) is 3.79. The summed E-state index contributed by atoms with van der Waals surface area (Å²) < 4.78 is 7.47. The van der Waals surface area contributed by atoms with E-state index in [9.17, 15) is 4.79 Å². The topological polar surface area (TPSA) is 50.6 Å². The van der Waals surface area contributed by atoms with Gasteiger partial charge < -0.3 is 9.64 Å². The summed E-state index contributed by atoms with van der Waals surface area (Å²) in [5.74, 6) is 0.702. The van der Waals surface area contributed by atoms with Gasteiger partial charge in [0, 0.05) is 43.9 Å². The molecule has 6 nitrogen and oxygen atoms in total. The maximum Gasteiger partial charge on any atom is 0.274 e. The molecule has 1 amide bonds. The molecule has 0 atom stereocenters. The molecular weight excluding hydrogens is 412 g/mol. The summed E-state index contributed by atoms with van der Waals surface area (Å²) in [6.07, 6.45) is 1.77. The molecule has 0 saturated carbocycles. The first-order valence-electron chi connectivity index (χ1n) is 10.5. The molecule has 1 aromatic heterocycles. The van der Waals surface area contributed by atoms with Gasteiger partial charge in [0.1, 0.15) is 5.75 Å². The first-order valence-corrected chi connectivity index (χ1v) is 10.9. The summed E-state index contributed by atoms with van der Waals surface area (Å²) in [6.45, 7) is 8.19. The lowest BCUT2D eigenvalue weighted by atomic mass is 10.1. The smallest absolute Gasteiger partial charge is 0.274 e. The van der Waals surface area contributed by atoms with Crippen molar-refractivity contribution in [1.82, 2.24) is 19.6 Å². The maximum atomic E-state index is 12.9. The zero-order valence-electron chi connectivity index (χ0n) is 17.9. The van der Waals surface area contributed by atoms with Gasteiger partial charge in [0.2, 0.25) is 0 Å². The highest BCUT2D eigenvalue weighted by molar-refractivity contribution is 6.32. The molecule has 0 aliphatic carbocycles. The first-order chi connectivity index (χ1) is 15.0. The summed E-state index contributed by atoms with van der Waals surface area (Å²) in [5, 5.41) is 5.16. The van der Waals surface area contributed by atoms with E-state index in [0.717, 1.165) is 41.5 Å². The van der Waals surface area contributed by atoms with Crippen molar-refractivity contribution in [1.29, 1.82) is 0 Å². The first kappa shape index (κ1) is 21.4. The molecule has 0 spiro atoms. The van der Waals surface area contributed by atoms with E-state index in [1.807, 2.05) is 36.9 Å². The molecule has 0 unspecified atom stereocenters. The Kier molecular flexibility index (Phi) is 6.59. The van der Waals surface area contributed by atoms with E-state index in [1.165, 1.54) is 5.56 Å². The third-order valence-electron chi connectivity index (χ3n) is 5.54. The molecule has 162 valence electrons. The van der Waals surface area contributed by atoms with Gasteiger partial charge in [-0.25, -0.2) is 4.68 Å². The van der Waals surface area contributed by atoms with Gasteiger partial charge in [-0.2, -0.15) is 5.10 Å². The van der Waals surface area contributed by atoms with E-state index in [2.05, 4.69) is 34.3 Å². The van der Waals surface area contributed by atoms with Crippen LogP contribution < -0.4 is 4.74 Å². The van der Waals surface area contributed by atoms with Gasteiger partial charge in [-0.05, 0) is 48.7 Å². The number of benzene rings is 2. The van der Waals surface area contributed by atoms with Gasteiger partial charge in [-0.15, -0.1) is 0 Å². The minimum atomic E-state index is -0.0312. The summed E-state index contributed by atoms with van der Waals surface area (Å²) in [4.78, 5) is 17.1. The monoisotopic (exact) mass is 438 g/mol. The van der Waals surface area contributed by atoms with Crippen LogP contribution >= 0.6 is 11.6 Å². The van der Waals surface area contributed by atoms with Gasteiger partial charge in [-0.3, -0.25) is 9.69 Å². The predicted octanol–water partition coefficient (Wildman–Crippen LogP) is 4.15. The highest BCUT2D eigenvalue weighted by Crippen LogP contribution is 2.26. The molecule has 1 aliphatic rings. The quantitative estimate of drug-likeness (QED) is 0.580. The molecular formula is C24H27ClN4O2. The number of aryl methyl sites for hydroxylation is 2. The summed E-state index contributed by atoms with van der Waals surface area (Å²) in [7, 11) is 0. The van der Waals surface area contributed by atoms with Crippen LogP contribution in [0.3, 0.4) is 0 Å². The van der Waals surface area contributed by atoms with Gasteiger partial charge >= 0.3 is 0 Å². The molecule has 4 rings (SSSR count). The Morgan fingerprint density at radius 3 is 2.39 bits per heavy atom. The molecule has 2 heterocycles. The van der Waals surface area contributed by atoms with Crippen LogP contribution in [0.15, 0.2) is 54.7 Å². The summed E-state index contributed by atoms with van der Waals surface area (Å²) in [5.41, 5.74) is 3.69. The van der Waals surface area contributed by atoms with Crippen LogP contribution in [-0.4, -0.2) is 51.7 Å². The Morgan fingerprint density at radius 2 is 1.71 bits per heavy atom. The molecule has 1 saturated heterocycles. The molecule has 0 radical (unpaired) electrons. The molecule has 0 bridgehead atoms. The lowest BCUT2D eigenvalue weighted by molar-refractivity contribution is 0.0621. The molecule has 0 N–H and O–H groups in total. The second-order valence-corrected chi connectivity index (χ2v) is 8.32. The average Bonchev–Trinajstić information content (AvgIpc) is 3.26. The second-order valence-electron chi connectivity index (χ2n) is 7.94. The van der Waals surface area contributed by atoms with Crippen molar-refractivity contribution < 1.29 is 9.53 Å². The molecule has 2 aromatic carbocycles. The lowest BCUT2D eigenvalue weighted by Gasteiger charge is -2.34. The van der Waals surface area contributed by atoms with E-state index < -0.39 is 0 Å². The number of hydrogen-bond donors (Lipinski definition) is 0. The van der Waals surface area contributed by atoms with Crippen LogP contribution in [0.5, 0.6) is 5.75 Å². The van der Waals surface area contributed by atoms with E-state index in [1.54, 1.807) is 16.9 Å². The number of halogens is 1. The molecule has 3 aromatic rings. The SMILES string of the molecule is Cc1cc(OCn2ccc(C(=O)N3CCN(Cc4ccccc4)CC3)n2)cc(C)c1Cl. The third kappa shape index (κ3) is 5.27. The van der Waals surface area contributed by atoms with Gasteiger partial charge in [0.05, 0.1) is 0 Å². The van der Waals surface area contributed by atoms with Crippen molar-refractivity contribution >= 4 is 17.5 Å². The van der Waals surface area contributed by atoms with Crippen molar-refractivity contribution in [3.05, 3.63) is 82.1 Å². The van der Waals surface area contributed by atoms with Gasteiger partial charge in [0.25, 0.3) is 5.91 Å². The van der Waals surface area contributed by atoms with Crippen molar-refractivity contribution in [3.8, 4) is 5.75 Å². The number of aromatic nitrogens is 2. The van der Waals surface area contributed by atoms with E-state index >= 15 is 0 Å². The normalized spacial score (nSPS) is 14.6. The minimum absolute atomic E-state index is 0.0312. The van der Waals surface area contributed by atoms with Gasteiger partial charge in [-0.1, -0.05) is 41.9 Å². The highest BCUT2D eigenvalue weighted by Gasteiger charge is 2.23. The molecule has 1 fully saturated rings. The lowest BCUT2D eigenvalue weighted by Crippen LogP contribution is -2.48. The summed E-state index contributed by atoms with van der Waals surface area (Å²) in [6, 6.07) is 16.0. The number of amides is 1. The van der Waals surface area contributed by atoms with E-state index in [-0.39, 0.29) is 12.6 Å². The molecule has 7 heteroatoms. The number of piperazine rings is 1. The van der Waals surface area contributed by atoms with Crippen LogP contribution in [0.1, 0.15) is 27.2 Å². The summed E-state index contributed by atoms with van der Waals surface area (Å²) >= 11 is 6.21. The maximum absolute atomic E-state index is 12.9. The standard InChI is InChI=1S/C24H27ClN4O2/c1-18-14-21(15-19(2)23(18)25)31-17-29-9-8-22(26-29)24(30)28-12-10-27(11-13-28)16-20-6-4-3-5-7-20/h3-9,14-15H,10-13,16-17H2,1-2H3. The Morgan fingerprint density at radius 1 is 1.03 bits per heavy atom. The van der Waals surface area contributed by atoms with E-state index in [0.29, 0.717) is 18.8 Å². The van der Waals surface area contributed by atoms with Crippen molar-refractivity contribution in [3.63, 3.8) is 0 Å². The van der Waals surface area contributed by atoms with Crippen LogP contribution in [0.4, 0.5) is 0 Å². The Hall–Kier alpha value is -2.83. The number of carbonyl (C=O) groups is 1. The van der Waals surface area contributed by atoms with Crippen LogP contribution in [-0.2, 0) is 13.3 Å². The van der Waals surface area contributed by atoms with Crippen molar-refractivity contribution in [2.24, 2.45) is 0 Å². The number of nitrogens with zero attached hydrogens (tertiary/aromatic N) is 4. The largest absolute Gasteiger partial charge is 0.471 e. The van der Waals surface area contributed by atoms with Gasteiger partial charge in [0.15, 0.2) is 12.4 Å². The second kappa shape index (κ2) is 9.54. The number of rotatable bonds is 6. The Balaban J connectivity index is 1.29. The Bertz CT molecular complexity index is 1020. The number of hydrogen-bond acceptors (Lipinski definition) is 4.